The second kappa shape index (κ2) is 2.05. The number of hydrogen-bond acceptors (Lipinski definition) is 3. The lowest BCUT2D eigenvalue weighted by Crippen LogP contribution is -1.98. The van der Waals surface area contributed by atoms with Gasteiger partial charge in [0.15, 0.2) is 0 Å². The maximum Gasteiger partial charge on any atom is 0.366 e. The maximum atomic E-state index is 10.0. The predicted molar refractivity (Wildman–Crippen MR) is 24.6 cm³/mol. The first-order valence-electron chi connectivity index (χ1n) is 1.69. The van der Waals surface area contributed by atoms with Crippen LogP contribution in [-0.4, -0.2) is 5.97 Å². The number of hydrogen-bond donors (Lipinski definition) is 0. The first-order chi connectivity index (χ1) is 3.39. The first-order valence-corrected chi connectivity index (χ1v) is 2.68. The molecule has 38 valence electrons. The van der Waals surface area contributed by atoms with E-state index in [2.05, 4.69) is 9.56 Å². The smallest absolute Gasteiger partial charge is 0.290 e. The van der Waals surface area contributed by atoms with Crippen molar-refractivity contribution in [3.63, 3.8) is 0 Å². The van der Waals surface area contributed by atoms with Gasteiger partial charge in [-0.1, -0.05) is 0 Å². The minimum absolute atomic E-state index is 0.164. The van der Waals surface area contributed by atoms with Crippen LogP contribution in [0.4, 0.5) is 0 Å². The largest absolute Gasteiger partial charge is 0.366 e. The van der Waals surface area contributed by atoms with Crippen LogP contribution in [0.2, 0.25) is 0 Å². The molecule has 0 radical (unpaired) electrons. The fraction of sp³-hybridized carbons (Fsp3) is 0. The van der Waals surface area contributed by atoms with Gasteiger partial charge < -0.3 is 0 Å². The second-order valence-corrected chi connectivity index (χ2v) is 1.67. The summed E-state index contributed by atoms with van der Waals surface area (Å²) in [6.07, 6.45) is 1.34. The lowest BCUT2D eigenvalue weighted by Gasteiger charge is -1.99. The molecule has 1 aliphatic rings. The van der Waals surface area contributed by atoms with Gasteiger partial charge in [0.25, 0.3) is 0 Å². The highest BCUT2D eigenvalue weighted by molar-refractivity contribution is 7.36. The average molecular weight is 118 g/mol. The van der Waals surface area contributed by atoms with E-state index in [4.69, 9.17) is 0 Å². The van der Waals surface area contributed by atoms with Gasteiger partial charge >= 0.3 is 5.97 Å². The summed E-state index contributed by atoms with van der Waals surface area (Å²) in [5, 5.41) is 0. The summed E-state index contributed by atoms with van der Waals surface area (Å²) in [6.45, 7) is 0. The van der Waals surface area contributed by atoms with Crippen LogP contribution in [0.25, 0.3) is 0 Å². The number of rotatable bonds is 0. The van der Waals surface area contributed by atoms with E-state index < -0.39 is 5.97 Å². The summed E-state index contributed by atoms with van der Waals surface area (Å²) in [4.78, 5) is 14.1. The zero-order chi connectivity index (χ0) is 5.11. The summed E-state index contributed by atoms with van der Waals surface area (Å²) < 4.78 is 4.27. The van der Waals surface area contributed by atoms with Gasteiger partial charge in [-0.05, 0) is 5.82 Å². The molecule has 1 heterocycles. The molecular formula is C3H3O3P. The van der Waals surface area contributed by atoms with Gasteiger partial charge in [-0.15, -0.1) is 0 Å². The van der Waals surface area contributed by atoms with Crippen molar-refractivity contribution in [1.82, 2.24) is 0 Å². The zero-order valence-corrected chi connectivity index (χ0v) is 4.38. The summed E-state index contributed by atoms with van der Waals surface area (Å²) in [7, 11) is 0.164. The molecule has 0 bridgehead atoms. The average Bonchev–Trinajstić information content (AvgIpc) is 1.69. The summed E-state index contributed by atoms with van der Waals surface area (Å²) in [5.74, 6) is 1.19. The zero-order valence-electron chi connectivity index (χ0n) is 3.38. The molecule has 1 rings (SSSR count). The summed E-state index contributed by atoms with van der Waals surface area (Å²) in [6, 6.07) is 0. The van der Waals surface area contributed by atoms with Crippen molar-refractivity contribution < 1.29 is 14.4 Å². The van der Waals surface area contributed by atoms with Crippen LogP contribution >= 0.6 is 8.81 Å². The van der Waals surface area contributed by atoms with E-state index in [9.17, 15) is 4.79 Å². The van der Waals surface area contributed by atoms with E-state index in [0.717, 1.165) is 0 Å². The van der Waals surface area contributed by atoms with Crippen molar-refractivity contribution in [1.29, 1.82) is 0 Å². The van der Waals surface area contributed by atoms with Crippen LogP contribution in [0.1, 0.15) is 0 Å². The lowest BCUT2D eigenvalue weighted by molar-refractivity contribution is -0.202. The number of carbonyl (C=O) groups is 1. The van der Waals surface area contributed by atoms with E-state index in [1.165, 1.54) is 6.08 Å². The fourth-order valence-electron chi connectivity index (χ4n) is 0.223. The lowest BCUT2D eigenvalue weighted by atomic mass is 10.7. The van der Waals surface area contributed by atoms with Crippen molar-refractivity contribution in [2.24, 2.45) is 0 Å². The van der Waals surface area contributed by atoms with Gasteiger partial charge in [-0.25, -0.2) is 4.79 Å². The Kier molecular flexibility index (Phi) is 1.39. The van der Waals surface area contributed by atoms with Crippen molar-refractivity contribution in [2.45, 2.75) is 0 Å². The van der Waals surface area contributed by atoms with Gasteiger partial charge in [-0.2, -0.15) is 4.67 Å². The molecule has 0 amide bonds. The molecule has 3 nitrogen and oxygen atoms in total. The highest BCUT2D eigenvalue weighted by Crippen LogP contribution is 2.17. The molecule has 1 aliphatic heterocycles. The van der Waals surface area contributed by atoms with E-state index >= 15 is 0 Å². The second-order valence-electron chi connectivity index (χ2n) is 0.937. The molecule has 0 aliphatic carbocycles. The van der Waals surface area contributed by atoms with Crippen LogP contribution in [-0.2, 0) is 14.4 Å². The molecule has 0 saturated carbocycles. The molecule has 0 saturated heterocycles. The Labute approximate surface area is 42.1 Å². The third-order valence-corrected chi connectivity index (χ3v) is 0.942. The molecule has 4 heteroatoms. The topological polar surface area (TPSA) is 35.5 Å². The minimum Gasteiger partial charge on any atom is -0.290 e. The van der Waals surface area contributed by atoms with Gasteiger partial charge in [-0.3, -0.25) is 4.89 Å². The molecular weight excluding hydrogens is 115 g/mol. The third-order valence-electron chi connectivity index (χ3n) is 0.459. The maximum absolute atomic E-state index is 10.0. The molecule has 0 aromatic heterocycles. The highest BCUT2D eigenvalue weighted by Gasteiger charge is 2.00. The molecule has 0 N–H and O–H groups in total. The van der Waals surface area contributed by atoms with E-state index in [-0.39, 0.29) is 8.81 Å². The quantitative estimate of drug-likeness (QED) is 0.344. The van der Waals surface area contributed by atoms with Crippen molar-refractivity contribution in [3.05, 3.63) is 11.9 Å². The summed E-state index contributed by atoms with van der Waals surface area (Å²) >= 11 is 0. The normalized spacial score (nSPS) is 22.6. The highest BCUT2D eigenvalue weighted by atomic mass is 31.1. The predicted octanol–water partition coefficient (Wildman–Crippen LogP) is 0.582. The molecule has 7 heavy (non-hydrogen) atoms. The molecule has 0 aromatic carbocycles. The monoisotopic (exact) mass is 118 g/mol. The minimum atomic E-state index is -0.432. The van der Waals surface area contributed by atoms with Crippen molar-refractivity contribution in [2.75, 3.05) is 0 Å². The van der Waals surface area contributed by atoms with Gasteiger partial charge in [0.05, 0.1) is 8.81 Å². The third kappa shape index (κ3) is 1.26. The fourth-order valence-corrected chi connectivity index (χ4v) is 0.613. The Morgan fingerprint density at radius 1 is 1.71 bits per heavy atom. The van der Waals surface area contributed by atoms with Crippen LogP contribution in [0.5, 0.6) is 0 Å². The van der Waals surface area contributed by atoms with E-state index in [1.54, 1.807) is 5.82 Å². The molecule has 1 atom stereocenters. The summed E-state index contributed by atoms with van der Waals surface area (Å²) in [5.41, 5.74) is 0. The van der Waals surface area contributed by atoms with Crippen LogP contribution in [0.15, 0.2) is 11.9 Å². The molecule has 0 spiro atoms. The van der Waals surface area contributed by atoms with Crippen LogP contribution < -0.4 is 0 Å². The van der Waals surface area contributed by atoms with Crippen molar-refractivity contribution in [3.8, 4) is 0 Å². The SMILES string of the molecule is O=C1C=CPOO1. The molecule has 0 fully saturated rings. The Morgan fingerprint density at radius 2 is 2.57 bits per heavy atom. The van der Waals surface area contributed by atoms with Crippen molar-refractivity contribution >= 4 is 14.8 Å². The van der Waals surface area contributed by atoms with Gasteiger partial charge in [0, 0.05) is 6.08 Å². The Hall–Kier alpha value is -0.400. The van der Waals surface area contributed by atoms with Crippen LogP contribution in [0.3, 0.4) is 0 Å². The number of carbonyl (C=O) groups excluding carboxylic acids is 1. The molecule has 1 unspecified atom stereocenters. The van der Waals surface area contributed by atoms with E-state index in [0.29, 0.717) is 0 Å². The van der Waals surface area contributed by atoms with E-state index in [1.807, 2.05) is 0 Å². The Bertz CT molecular complexity index is 109. The Morgan fingerprint density at radius 3 is 2.86 bits per heavy atom. The Balaban J connectivity index is 2.51. The molecule has 0 aromatic rings. The standard InChI is InChI=1S/C3H3O3P/c4-3-1-2-7-6-5-3/h1-2,7H. The van der Waals surface area contributed by atoms with Gasteiger partial charge in [0.2, 0.25) is 0 Å². The van der Waals surface area contributed by atoms with Crippen LogP contribution in [0, 0.1) is 0 Å². The first kappa shape index (κ1) is 4.75. The van der Waals surface area contributed by atoms with Gasteiger partial charge in [0.1, 0.15) is 0 Å².